The number of anilines is 1. The second kappa shape index (κ2) is 10.8. The van der Waals surface area contributed by atoms with Crippen LogP contribution < -0.4 is 10.1 Å². The highest BCUT2D eigenvalue weighted by Gasteiger charge is 2.13. The van der Waals surface area contributed by atoms with Gasteiger partial charge in [-0.3, -0.25) is 10.1 Å². The van der Waals surface area contributed by atoms with Gasteiger partial charge in [0.15, 0.2) is 5.13 Å². The van der Waals surface area contributed by atoms with Gasteiger partial charge >= 0.3 is 0 Å². The van der Waals surface area contributed by atoms with E-state index in [1.807, 2.05) is 6.07 Å². The first kappa shape index (κ1) is 22.6. The molecule has 31 heavy (non-hydrogen) atoms. The molecule has 2 aromatic carbocycles. The van der Waals surface area contributed by atoms with Crippen molar-refractivity contribution in [2.45, 2.75) is 6.42 Å². The lowest BCUT2D eigenvalue weighted by Crippen LogP contribution is -2.13. The summed E-state index contributed by atoms with van der Waals surface area (Å²) in [6, 6.07) is 14.2. The van der Waals surface area contributed by atoms with E-state index in [1.54, 1.807) is 54.7 Å². The molecule has 156 valence electrons. The molecule has 0 radical (unpaired) electrons. The predicted molar refractivity (Wildman–Crippen MR) is 126 cm³/mol. The Balaban J connectivity index is 1.67. The summed E-state index contributed by atoms with van der Waals surface area (Å²) in [5.74, 6) is 0.145. The summed E-state index contributed by atoms with van der Waals surface area (Å²) in [5.41, 5.74) is 1.54. The maximum Gasteiger partial charge on any atom is 0.268 e. The van der Waals surface area contributed by atoms with E-state index in [9.17, 15) is 10.1 Å². The Morgan fingerprint density at radius 1 is 1.26 bits per heavy atom. The minimum absolute atomic E-state index is 0.0330. The molecule has 0 saturated heterocycles. The maximum atomic E-state index is 12.5. The Bertz CT molecular complexity index is 1160. The first-order valence-electron chi connectivity index (χ1n) is 9.14. The van der Waals surface area contributed by atoms with Gasteiger partial charge in [0.2, 0.25) is 0 Å². The number of thiazole rings is 1. The van der Waals surface area contributed by atoms with Crippen LogP contribution in [-0.2, 0) is 11.2 Å². The topological polar surface area (TPSA) is 75.0 Å². The van der Waals surface area contributed by atoms with Crippen LogP contribution in [0.25, 0.3) is 6.08 Å². The number of rotatable bonds is 8. The highest BCUT2D eigenvalue weighted by molar-refractivity contribution is 7.15. The number of halogens is 2. The normalized spacial score (nSPS) is 10.9. The molecule has 8 heteroatoms. The molecule has 3 aromatic rings. The summed E-state index contributed by atoms with van der Waals surface area (Å²) >= 11 is 13.5. The molecule has 0 saturated carbocycles. The van der Waals surface area contributed by atoms with E-state index in [4.69, 9.17) is 27.9 Å². The van der Waals surface area contributed by atoms with Gasteiger partial charge < -0.3 is 4.74 Å². The molecule has 1 N–H and O–H groups in total. The lowest BCUT2D eigenvalue weighted by Gasteiger charge is -2.04. The zero-order valence-corrected chi connectivity index (χ0v) is 18.6. The van der Waals surface area contributed by atoms with Gasteiger partial charge in [-0.2, -0.15) is 5.26 Å². The zero-order valence-electron chi connectivity index (χ0n) is 16.3. The summed E-state index contributed by atoms with van der Waals surface area (Å²) in [6.07, 6.45) is 5.36. The van der Waals surface area contributed by atoms with Crippen molar-refractivity contribution < 1.29 is 9.53 Å². The molecule has 0 unspecified atom stereocenters. The Labute approximate surface area is 194 Å². The number of aromatic nitrogens is 1. The minimum atomic E-state index is -0.531. The summed E-state index contributed by atoms with van der Waals surface area (Å²) in [7, 11) is 0. The molecule has 0 aliphatic heterocycles. The van der Waals surface area contributed by atoms with Crippen molar-refractivity contribution in [1.82, 2.24) is 4.98 Å². The van der Waals surface area contributed by atoms with Crippen molar-refractivity contribution >= 4 is 51.7 Å². The van der Waals surface area contributed by atoms with Crippen molar-refractivity contribution in [3.8, 4) is 11.8 Å². The zero-order chi connectivity index (χ0) is 22.2. The number of nitriles is 1. The first-order chi connectivity index (χ1) is 15.0. The SMILES string of the molecule is C=CCOc1ccc(C=C(C#N)C(=O)Nc2ncc(Cc3cc(Cl)ccc3Cl)s2)cc1. The third-order valence-electron chi connectivity index (χ3n) is 4.07. The number of hydrogen-bond donors (Lipinski definition) is 1. The second-order valence-corrected chi connectivity index (χ2v) is 8.30. The molecule has 0 aliphatic carbocycles. The Kier molecular flexibility index (Phi) is 7.85. The van der Waals surface area contributed by atoms with Crippen molar-refractivity contribution in [3.05, 3.63) is 92.9 Å². The summed E-state index contributed by atoms with van der Waals surface area (Å²) in [6.45, 7) is 4.00. The van der Waals surface area contributed by atoms with Crippen LogP contribution in [0.2, 0.25) is 10.0 Å². The Morgan fingerprint density at radius 3 is 2.74 bits per heavy atom. The highest BCUT2D eigenvalue weighted by Crippen LogP contribution is 2.27. The predicted octanol–water partition coefficient (Wildman–Crippen LogP) is 6.15. The number of carbonyl (C=O) groups is 1. The number of nitrogens with zero attached hydrogens (tertiary/aromatic N) is 2. The fraction of sp³-hybridized carbons (Fsp3) is 0.0870. The van der Waals surface area contributed by atoms with Gasteiger partial charge in [-0.05, 0) is 47.5 Å². The van der Waals surface area contributed by atoms with Crippen molar-refractivity contribution in [1.29, 1.82) is 5.26 Å². The standard InChI is InChI=1S/C23H17Cl2N3O2S/c1-2-9-30-19-6-3-15(4-7-19)10-17(13-26)22(29)28-23-27-14-20(31-23)12-16-11-18(24)5-8-21(16)25/h2-8,10-11,14H,1,9,12H2,(H,27,28,29). The van der Waals surface area contributed by atoms with E-state index in [2.05, 4.69) is 16.9 Å². The molecule has 0 aliphatic rings. The monoisotopic (exact) mass is 469 g/mol. The van der Waals surface area contributed by atoms with Crippen LogP contribution in [0.4, 0.5) is 5.13 Å². The first-order valence-corrected chi connectivity index (χ1v) is 10.7. The molecule has 1 aromatic heterocycles. The third kappa shape index (κ3) is 6.43. The highest BCUT2D eigenvalue weighted by atomic mass is 35.5. The quantitative estimate of drug-likeness (QED) is 0.243. The second-order valence-electron chi connectivity index (χ2n) is 6.34. The van der Waals surface area contributed by atoms with E-state index in [0.29, 0.717) is 39.5 Å². The largest absolute Gasteiger partial charge is 0.490 e. The van der Waals surface area contributed by atoms with Crippen LogP contribution >= 0.6 is 34.5 Å². The van der Waals surface area contributed by atoms with Crippen molar-refractivity contribution in [2.75, 3.05) is 11.9 Å². The average molecular weight is 470 g/mol. The Hall–Kier alpha value is -3.11. The van der Waals surface area contributed by atoms with Crippen LogP contribution in [0.3, 0.4) is 0 Å². The lowest BCUT2D eigenvalue weighted by molar-refractivity contribution is -0.112. The van der Waals surface area contributed by atoms with Crippen molar-refractivity contribution in [3.63, 3.8) is 0 Å². The number of hydrogen-bond acceptors (Lipinski definition) is 5. The van der Waals surface area contributed by atoms with Gasteiger partial charge in [-0.25, -0.2) is 4.98 Å². The summed E-state index contributed by atoms with van der Waals surface area (Å²) in [5, 5.41) is 13.7. The lowest BCUT2D eigenvalue weighted by atomic mass is 10.1. The van der Waals surface area contributed by atoms with Crippen molar-refractivity contribution in [2.24, 2.45) is 0 Å². The average Bonchev–Trinajstić information content (AvgIpc) is 3.20. The van der Waals surface area contributed by atoms with Crippen LogP contribution in [0.15, 0.2) is 66.9 Å². The fourth-order valence-corrected chi connectivity index (χ4v) is 3.82. The van der Waals surface area contributed by atoms with Gasteiger partial charge in [0.05, 0.1) is 0 Å². The molecule has 1 heterocycles. The number of benzene rings is 2. The van der Waals surface area contributed by atoms with Crippen LogP contribution in [0, 0.1) is 11.3 Å². The minimum Gasteiger partial charge on any atom is -0.490 e. The van der Waals surface area contributed by atoms with E-state index in [0.717, 1.165) is 10.4 Å². The number of ether oxygens (including phenoxy) is 1. The third-order valence-corrected chi connectivity index (χ3v) is 5.59. The number of amides is 1. The van der Waals surface area contributed by atoms with E-state index >= 15 is 0 Å². The molecular formula is C23H17Cl2N3O2S. The van der Waals surface area contributed by atoms with Crippen LogP contribution in [-0.4, -0.2) is 17.5 Å². The van der Waals surface area contributed by atoms with E-state index < -0.39 is 5.91 Å². The molecule has 1 amide bonds. The van der Waals surface area contributed by atoms with E-state index in [-0.39, 0.29) is 5.57 Å². The Morgan fingerprint density at radius 2 is 2.03 bits per heavy atom. The summed E-state index contributed by atoms with van der Waals surface area (Å²) < 4.78 is 5.42. The maximum absolute atomic E-state index is 12.5. The number of nitrogens with one attached hydrogen (secondary N) is 1. The van der Waals surface area contributed by atoms with Crippen LogP contribution in [0.5, 0.6) is 5.75 Å². The van der Waals surface area contributed by atoms with Gasteiger partial charge in [0.1, 0.15) is 24.0 Å². The molecule has 0 atom stereocenters. The molecule has 0 fully saturated rings. The van der Waals surface area contributed by atoms with Gasteiger partial charge in [0, 0.05) is 27.5 Å². The smallest absolute Gasteiger partial charge is 0.268 e. The molecule has 5 nitrogen and oxygen atoms in total. The molecule has 0 bridgehead atoms. The van der Waals surface area contributed by atoms with Gasteiger partial charge in [-0.15, -0.1) is 11.3 Å². The summed E-state index contributed by atoms with van der Waals surface area (Å²) in [4.78, 5) is 17.6. The van der Waals surface area contributed by atoms with E-state index in [1.165, 1.54) is 17.4 Å². The van der Waals surface area contributed by atoms with Crippen LogP contribution in [0.1, 0.15) is 16.0 Å². The van der Waals surface area contributed by atoms with Gasteiger partial charge in [-0.1, -0.05) is 48.0 Å². The molecule has 3 rings (SSSR count). The molecule has 0 spiro atoms. The molecular weight excluding hydrogens is 453 g/mol. The van der Waals surface area contributed by atoms with Gasteiger partial charge in [0.25, 0.3) is 5.91 Å². The number of carbonyl (C=O) groups excluding carboxylic acids is 1. The fourth-order valence-electron chi connectivity index (χ4n) is 2.61.